The molecule has 8 bridgehead atoms. The molecule has 2 aliphatic rings. The summed E-state index contributed by atoms with van der Waals surface area (Å²) in [7, 11) is 0. The summed E-state index contributed by atoms with van der Waals surface area (Å²) in [4.78, 5) is 30.1. The molecule has 5 aromatic rings. The average molecular weight is 575 g/mol. The minimum absolute atomic E-state index is 0.514. The van der Waals surface area contributed by atoms with Crippen LogP contribution in [0.4, 0.5) is 0 Å². The third-order valence-electron chi connectivity index (χ3n) is 8.59. The summed E-state index contributed by atoms with van der Waals surface area (Å²) >= 11 is 0. The number of benzene rings is 2. The lowest BCUT2D eigenvalue weighted by Crippen LogP contribution is -1.94. The number of aldehydes is 1. The third kappa shape index (κ3) is 4.62. The molecule has 7 rings (SSSR count). The van der Waals surface area contributed by atoms with E-state index in [4.69, 9.17) is 9.97 Å². The van der Waals surface area contributed by atoms with Gasteiger partial charge >= 0.3 is 0 Å². The molecule has 2 aromatic carbocycles. The summed E-state index contributed by atoms with van der Waals surface area (Å²) in [6.07, 6.45) is 8.99. The largest absolute Gasteiger partial charge is 0.355 e. The highest BCUT2D eigenvalue weighted by atomic mass is 16.1. The van der Waals surface area contributed by atoms with Gasteiger partial charge in [0.2, 0.25) is 0 Å². The zero-order valence-electron chi connectivity index (χ0n) is 25.9. The van der Waals surface area contributed by atoms with Crippen LogP contribution in [0.5, 0.6) is 0 Å². The minimum atomic E-state index is 0.514. The van der Waals surface area contributed by atoms with Gasteiger partial charge in [0, 0.05) is 27.7 Å². The van der Waals surface area contributed by atoms with Crippen molar-refractivity contribution in [3.63, 3.8) is 0 Å². The van der Waals surface area contributed by atoms with Crippen LogP contribution in [0.3, 0.4) is 0 Å². The first-order chi connectivity index (χ1) is 21.2. The molecule has 5 nitrogen and oxygen atoms in total. The molecule has 0 saturated carbocycles. The van der Waals surface area contributed by atoms with Gasteiger partial charge in [0.25, 0.3) is 0 Å². The van der Waals surface area contributed by atoms with Gasteiger partial charge in [0.05, 0.1) is 33.9 Å². The molecule has 3 aromatic heterocycles. The van der Waals surface area contributed by atoms with Crippen molar-refractivity contribution >= 4 is 52.7 Å². The molecule has 2 N–H and O–H groups in total. The van der Waals surface area contributed by atoms with Crippen LogP contribution in [0.2, 0.25) is 0 Å². The quantitative estimate of drug-likeness (QED) is 0.206. The van der Waals surface area contributed by atoms with Gasteiger partial charge in [-0.05, 0) is 130 Å². The number of nitrogens with zero attached hydrogens (tertiary/aromatic N) is 2. The van der Waals surface area contributed by atoms with E-state index < -0.39 is 0 Å². The van der Waals surface area contributed by atoms with Crippen molar-refractivity contribution in [1.82, 2.24) is 19.9 Å². The maximum atomic E-state index is 12.7. The molecule has 2 aliphatic heterocycles. The monoisotopic (exact) mass is 574 g/mol. The summed E-state index contributed by atoms with van der Waals surface area (Å²) in [6.45, 7) is 12.8. The number of carbonyl (C=O) groups excluding carboxylic acids is 1. The van der Waals surface area contributed by atoms with Crippen LogP contribution in [-0.4, -0.2) is 26.2 Å². The Bertz CT molecular complexity index is 2160. The second-order valence-corrected chi connectivity index (χ2v) is 12.1. The van der Waals surface area contributed by atoms with E-state index in [1.54, 1.807) is 0 Å². The first-order valence-corrected chi connectivity index (χ1v) is 14.9. The van der Waals surface area contributed by atoms with Gasteiger partial charge in [-0.1, -0.05) is 35.4 Å². The number of aromatic nitrogens is 4. The molecule has 0 fully saturated rings. The first kappa shape index (κ1) is 27.5. The zero-order chi connectivity index (χ0) is 30.7. The van der Waals surface area contributed by atoms with Crippen molar-refractivity contribution in [3.8, 4) is 22.3 Å². The van der Waals surface area contributed by atoms with E-state index >= 15 is 0 Å². The van der Waals surface area contributed by atoms with Gasteiger partial charge in [0.1, 0.15) is 0 Å². The van der Waals surface area contributed by atoms with Gasteiger partial charge < -0.3 is 9.97 Å². The number of fused-ring (bicyclic) bond motifs is 8. The van der Waals surface area contributed by atoms with E-state index in [1.807, 2.05) is 24.3 Å². The van der Waals surface area contributed by atoms with E-state index in [1.165, 1.54) is 33.4 Å². The van der Waals surface area contributed by atoms with Gasteiger partial charge in [0.15, 0.2) is 6.29 Å². The van der Waals surface area contributed by atoms with Crippen molar-refractivity contribution in [3.05, 3.63) is 116 Å². The van der Waals surface area contributed by atoms with Gasteiger partial charge in [-0.25, -0.2) is 9.97 Å². The molecule has 0 amide bonds. The van der Waals surface area contributed by atoms with E-state index in [-0.39, 0.29) is 0 Å². The van der Waals surface area contributed by atoms with Crippen molar-refractivity contribution in [2.75, 3.05) is 0 Å². The van der Waals surface area contributed by atoms with E-state index in [0.717, 1.165) is 67.7 Å². The Kier molecular flexibility index (Phi) is 6.54. The van der Waals surface area contributed by atoms with Crippen molar-refractivity contribution in [2.24, 2.45) is 0 Å². The smallest absolute Gasteiger partial charge is 0.154 e. The number of carbonyl (C=O) groups is 1. The fraction of sp³-hybridized carbons (Fsp3) is 0.154. The van der Waals surface area contributed by atoms with Crippen molar-refractivity contribution in [1.29, 1.82) is 0 Å². The Morgan fingerprint density at radius 3 is 1.64 bits per heavy atom. The Hall–Kier alpha value is -5.29. The number of aromatic amines is 2. The Morgan fingerprint density at radius 2 is 1.02 bits per heavy atom. The normalized spacial score (nSPS) is 12.2. The maximum Gasteiger partial charge on any atom is 0.154 e. The second-order valence-electron chi connectivity index (χ2n) is 12.1. The molecule has 5 heterocycles. The Morgan fingerprint density at radius 1 is 0.523 bits per heavy atom. The number of hydrogen-bond donors (Lipinski definition) is 2. The lowest BCUT2D eigenvalue weighted by Gasteiger charge is -2.13. The molecule has 0 atom stereocenters. The van der Waals surface area contributed by atoms with Gasteiger partial charge in [-0.2, -0.15) is 0 Å². The van der Waals surface area contributed by atoms with Gasteiger partial charge in [-0.15, -0.1) is 0 Å². The number of aryl methyl sites for hydroxylation is 6. The summed E-state index contributed by atoms with van der Waals surface area (Å²) in [5.74, 6) is 0. The van der Waals surface area contributed by atoms with Crippen LogP contribution >= 0.6 is 0 Å². The highest BCUT2D eigenvalue weighted by molar-refractivity contribution is 5.99. The molecular formula is C39H34N4O. The SMILES string of the molecule is Cc1cc(C)c(-c2c3nc(c(C=O)c4ccc([nH]4)c(-c4c(C)cc(C)cc4C)c4nc(cc5ccc2[nH]5)C=C4)C=C3)c(C)c1. The van der Waals surface area contributed by atoms with E-state index in [9.17, 15) is 4.79 Å². The van der Waals surface area contributed by atoms with Crippen LogP contribution in [0.1, 0.15) is 66.5 Å². The third-order valence-corrected chi connectivity index (χ3v) is 8.59. The lowest BCUT2D eigenvalue weighted by molar-refractivity contribution is 0.112. The predicted octanol–water partition coefficient (Wildman–Crippen LogP) is 9.65. The summed E-state index contributed by atoms with van der Waals surface area (Å²) in [5, 5.41) is 0. The van der Waals surface area contributed by atoms with Crippen LogP contribution in [-0.2, 0) is 0 Å². The lowest BCUT2D eigenvalue weighted by atomic mass is 9.92. The van der Waals surface area contributed by atoms with Crippen LogP contribution < -0.4 is 0 Å². The molecule has 0 unspecified atom stereocenters. The summed E-state index contributed by atoms with van der Waals surface area (Å²) in [6, 6.07) is 19.1. The molecule has 0 spiro atoms. The first-order valence-electron chi connectivity index (χ1n) is 14.9. The number of H-pyrrole nitrogens is 2. The highest BCUT2D eigenvalue weighted by Gasteiger charge is 2.19. The van der Waals surface area contributed by atoms with Crippen LogP contribution in [0.25, 0.3) is 68.6 Å². The zero-order valence-corrected chi connectivity index (χ0v) is 25.9. The molecule has 5 heteroatoms. The molecule has 216 valence electrons. The molecule has 0 saturated heterocycles. The van der Waals surface area contributed by atoms with Gasteiger partial charge in [-0.3, -0.25) is 4.79 Å². The van der Waals surface area contributed by atoms with Crippen LogP contribution in [0.15, 0.2) is 54.6 Å². The predicted molar refractivity (Wildman–Crippen MR) is 184 cm³/mol. The Balaban J connectivity index is 1.64. The van der Waals surface area contributed by atoms with Crippen molar-refractivity contribution in [2.45, 2.75) is 41.5 Å². The molecule has 0 radical (unpaired) electrons. The van der Waals surface area contributed by atoms with Crippen LogP contribution in [0, 0.1) is 41.5 Å². The number of rotatable bonds is 3. The van der Waals surface area contributed by atoms with Crippen molar-refractivity contribution < 1.29 is 4.79 Å². The fourth-order valence-electron chi connectivity index (χ4n) is 6.96. The Labute approximate surface area is 257 Å². The average Bonchev–Trinajstić information content (AvgIpc) is 3.77. The molecular weight excluding hydrogens is 540 g/mol. The topological polar surface area (TPSA) is 74.4 Å². The number of hydrogen-bond acceptors (Lipinski definition) is 3. The standard InChI is InChI=1S/C39H34N4O/c1-21-15-23(3)36(24(4)16-21)38-32-9-7-27(40-32)19-28-8-10-33(41-28)39(37-25(5)17-22(2)18-26(37)6)35-14-12-31(43-35)29(20-44)30-11-13-34(38)42-30/h7-20,40,43H,1-6H3. The fourth-order valence-corrected chi connectivity index (χ4v) is 6.96. The summed E-state index contributed by atoms with van der Waals surface area (Å²) in [5.41, 5.74) is 18.7. The van der Waals surface area contributed by atoms with E-state index in [0.29, 0.717) is 11.3 Å². The highest BCUT2D eigenvalue weighted by Crippen LogP contribution is 2.37. The molecule has 0 aliphatic carbocycles. The number of nitrogens with one attached hydrogen (secondary N) is 2. The molecule has 44 heavy (non-hydrogen) atoms. The second kappa shape index (κ2) is 10.5. The summed E-state index contributed by atoms with van der Waals surface area (Å²) < 4.78 is 0. The van der Waals surface area contributed by atoms with E-state index in [2.05, 4.69) is 106 Å². The maximum absolute atomic E-state index is 12.7. The minimum Gasteiger partial charge on any atom is -0.355 e.